The van der Waals surface area contributed by atoms with Crippen LogP contribution in [0.4, 0.5) is 0 Å². The molecule has 0 amide bonds. The average Bonchev–Trinajstić information content (AvgIpc) is 2.51. The fourth-order valence-electron chi connectivity index (χ4n) is 2.11. The summed E-state index contributed by atoms with van der Waals surface area (Å²) in [5, 5.41) is 21.4. The van der Waals surface area contributed by atoms with Crippen molar-refractivity contribution < 1.29 is 14.6 Å². The van der Waals surface area contributed by atoms with Crippen molar-refractivity contribution in [2.75, 3.05) is 20.3 Å². The largest absolute Gasteiger partial charge is 0.493 e. The van der Waals surface area contributed by atoms with Crippen LogP contribution in [-0.2, 0) is 6.61 Å². The molecule has 1 aromatic carbocycles. The van der Waals surface area contributed by atoms with E-state index in [1.54, 1.807) is 25.3 Å². The summed E-state index contributed by atoms with van der Waals surface area (Å²) in [6.07, 6.45) is 1.48. The molecule has 0 aromatic heterocycles. The molecule has 1 atom stereocenters. The van der Waals surface area contributed by atoms with E-state index in [0.29, 0.717) is 24.5 Å². The summed E-state index contributed by atoms with van der Waals surface area (Å²) in [5.74, 6) is 1.26. The van der Waals surface area contributed by atoms with E-state index in [4.69, 9.17) is 14.6 Å². The summed E-state index contributed by atoms with van der Waals surface area (Å²) in [5.41, 5.74) is 0.270. The van der Waals surface area contributed by atoms with Gasteiger partial charge in [-0.2, -0.15) is 5.26 Å². The molecule has 0 aliphatic rings. The topological polar surface area (TPSA) is 74.5 Å². The first-order chi connectivity index (χ1) is 10.1. The highest BCUT2D eigenvalue weighted by atomic mass is 16.5. The molecule has 5 nitrogen and oxygen atoms in total. The van der Waals surface area contributed by atoms with Crippen LogP contribution in [-0.4, -0.2) is 30.9 Å². The Labute approximate surface area is 126 Å². The zero-order valence-electron chi connectivity index (χ0n) is 13.0. The Kier molecular flexibility index (Phi) is 7.00. The Morgan fingerprint density at radius 2 is 2.14 bits per heavy atom. The van der Waals surface area contributed by atoms with Gasteiger partial charge in [-0.3, -0.25) is 5.32 Å². The fourth-order valence-corrected chi connectivity index (χ4v) is 2.11. The number of aliphatic hydroxyl groups is 1. The van der Waals surface area contributed by atoms with Crippen LogP contribution >= 0.6 is 0 Å². The SMILES string of the molecule is CCNC(C)(C#N)CCCOc1ccc(CO)cc1OC. The highest BCUT2D eigenvalue weighted by Crippen LogP contribution is 2.28. The van der Waals surface area contributed by atoms with Crippen molar-refractivity contribution in [1.29, 1.82) is 5.26 Å². The molecule has 0 fully saturated rings. The summed E-state index contributed by atoms with van der Waals surface area (Å²) in [7, 11) is 1.57. The molecular weight excluding hydrogens is 268 g/mol. The van der Waals surface area contributed by atoms with Gasteiger partial charge in [0.15, 0.2) is 11.5 Å². The van der Waals surface area contributed by atoms with Crippen LogP contribution in [0, 0.1) is 11.3 Å². The molecule has 1 rings (SSSR count). The van der Waals surface area contributed by atoms with Gasteiger partial charge in [-0.25, -0.2) is 0 Å². The third kappa shape index (κ3) is 5.25. The maximum Gasteiger partial charge on any atom is 0.161 e. The smallest absolute Gasteiger partial charge is 0.161 e. The van der Waals surface area contributed by atoms with Crippen LogP contribution in [0.2, 0.25) is 0 Å². The van der Waals surface area contributed by atoms with E-state index in [1.807, 2.05) is 13.8 Å². The number of hydrogen-bond donors (Lipinski definition) is 2. The molecule has 1 aromatic rings. The third-order valence-electron chi connectivity index (χ3n) is 3.30. The molecule has 1 unspecified atom stereocenters. The molecule has 0 aliphatic heterocycles. The fraction of sp³-hybridized carbons (Fsp3) is 0.562. The van der Waals surface area contributed by atoms with Gasteiger partial charge in [-0.15, -0.1) is 0 Å². The van der Waals surface area contributed by atoms with E-state index in [1.165, 1.54) is 0 Å². The minimum absolute atomic E-state index is 0.0279. The van der Waals surface area contributed by atoms with E-state index in [9.17, 15) is 5.26 Å². The van der Waals surface area contributed by atoms with Crippen molar-refractivity contribution in [1.82, 2.24) is 5.32 Å². The summed E-state index contributed by atoms with van der Waals surface area (Å²) < 4.78 is 10.9. The number of rotatable bonds is 9. The number of methoxy groups -OCH3 is 1. The molecule has 21 heavy (non-hydrogen) atoms. The maximum absolute atomic E-state index is 9.18. The van der Waals surface area contributed by atoms with Crippen LogP contribution < -0.4 is 14.8 Å². The van der Waals surface area contributed by atoms with E-state index in [2.05, 4.69) is 11.4 Å². The average molecular weight is 292 g/mol. The predicted octanol–water partition coefficient (Wildman–Crippen LogP) is 2.24. The highest BCUT2D eigenvalue weighted by molar-refractivity contribution is 5.42. The molecule has 0 aliphatic carbocycles. The number of hydrogen-bond acceptors (Lipinski definition) is 5. The van der Waals surface area contributed by atoms with Crippen molar-refractivity contribution in [2.24, 2.45) is 0 Å². The Bertz CT molecular complexity index is 485. The molecule has 2 N–H and O–H groups in total. The van der Waals surface area contributed by atoms with E-state index in [-0.39, 0.29) is 6.61 Å². The zero-order chi connectivity index (χ0) is 15.7. The van der Waals surface area contributed by atoms with Gasteiger partial charge in [-0.1, -0.05) is 13.0 Å². The van der Waals surface area contributed by atoms with Crippen molar-refractivity contribution >= 4 is 0 Å². The van der Waals surface area contributed by atoms with Gasteiger partial charge in [0, 0.05) is 0 Å². The molecule has 0 saturated carbocycles. The molecule has 0 saturated heterocycles. The van der Waals surface area contributed by atoms with Crippen LogP contribution in [0.5, 0.6) is 11.5 Å². The first kappa shape index (κ1) is 17.3. The Balaban J connectivity index is 2.51. The Morgan fingerprint density at radius 1 is 1.38 bits per heavy atom. The molecule has 0 radical (unpaired) electrons. The van der Waals surface area contributed by atoms with E-state index < -0.39 is 5.54 Å². The lowest BCUT2D eigenvalue weighted by atomic mass is 9.98. The minimum atomic E-state index is -0.511. The van der Waals surface area contributed by atoms with Crippen molar-refractivity contribution in [3.05, 3.63) is 23.8 Å². The van der Waals surface area contributed by atoms with Gasteiger partial charge in [0.1, 0.15) is 5.54 Å². The Hall–Kier alpha value is -1.77. The quantitative estimate of drug-likeness (QED) is 0.683. The number of benzene rings is 1. The monoisotopic (exact) mass is 292 g/mol. The number of nitrogens with one attached hydrogen (secondary N) is 1. The lowest BCUT2D eigenvalue weighted by Crippen LogP contribution is -2.40. The van der Waals surface area contributed by atoms with Crippen molar-refractivity contribution in [2.45, 2.75) is 38.8 Å². The van der Waals surface area contributed by atoms with Crippen LogP contribution in [0.25, 0.3) is 0 Å². The minimum Gasteiger partial charge on any atom is -0.493 e. The molecule has 0 heterocycles. The van der Waals surface area contributed by atoms with Crippen LogP contribution in [0.1, 0.15) is 32.3 Å². The van der Waals surface area contributed by atoms with Gasteiger partial charge in [-0.05, 0) is 44.0 Å². The summed E-state index contributed by atoms with van der Waals surface area (Å²) in [6.45, 7) is 5.13. The number of aliphatic hydroxyl groups excluding tert-OH is 1. The standard InChI is InChI=1S/C16H24N2O3/c1-4-18-16(2,12-17)8-5-9-21-14-7-6-13(11-19)10-15(14)20-3/h6-7,10,18-19H,4-5,8-9,11H2,1-3H3. The van der Waals surface area contributed by atoms with Gasteiger partial charge in [0.2, 0.25) is 0 Å². The van der Waals surface area contributed by atoms with Crippen LogP contribution in [0.15, 0.2) is 18.2 Å². The number of nitrogens with zero attached hydrogens (tertiary/aromatic N) is 1. The highest BCUT2D eigenvalue weighted by Gasteiger charge is 2.21. The van der Waals surface area contributed by atoms with Crippen molar-refractivity contribution in [3.8, 4) is 17.6 Å². The second kappa shape index (κ2) is 8.50. The summed E-state index contributed by atoms with van der Waals surface area (Å²) >= 11 is 0. The lowest BCUT2D eigenvalue weighted by Gasteiger charge is -2.22. The van der Waals surface area contributed by atoms with Gasteiger partial charge < -0.3 is 14.6 Å². The molecular formula is C16H24N2O3. The lowest BCUT2D eigenvalue weighted by molar-refractivity contribution is 0.267. The molecule has 0 bridgehead atoms. The number of nitriles is 1. The third-order valence-corrected chi connectivity index (χ3v) is 3.30. The Morgan fingerprint density at radius 3 is 2.71 bits per heavy atom. The maximum atomic E-state index is 9.18. The second-order valence-electron chi connectivity index (χ2n) is 5.07. The molecule has 116 valence electrons. The molecule has 0 spiro atoms. The number of ether oxygens (including phenoxy) is 2. The van der Waals surface area contributed by atoms with Crippen LogP contribution in [0.3, 0.4) is 0 Å². The first-order valence-electron chi connectivity index (χ1n) is 7.15. The van der Waals surface area contributed by atoms with Gasteiger partial charge >= 0.3 is 0 Å². The van der Waals surface area contributed by atoms with Crippen molar-refractivity contribution in [3.63, 3.8) is 0 Å². The zero-order valence-corrected chi connectivity index (χ0v) is 13.0. The predicted molar refractivity (Wildman–Crippen MR) is 81.3 cm³/mol. The van der Waals surface area contributed by atoms with Gasteiger partial charge in [0.25, 0.3) is 0 Å². The van der Waals surface area contributed by atoms with Gasteiger partial charge in [0.05, 0.1) is 26.4 Å². The second-order valence-corrected chi connectivity index (χ2v) is 5.07. The normalized spacial score (nSPS) is 13.3. The summed E-state index contributed by atoms with van der Waals surface area (Å²) in [6, 6.07) is 7.65. The van der Waals surface area contributed by atoms with E-state index >= 15 is 0 Å². The first-order valence-corrected chi connectivity index (χ1v) is 7.15. The van der Waals surface area contributed by atoms with E-state index in [0.717, 1.165) is 18.5 Å². The summed E-state index contributed by atoms with van der Waals surface area (Å²) in [4.78, 5) is 0. The molecule has 5 heteroatoms.